The maximum absolute atomic E-state index is 11.2. The third-order valence-electron chi connectivity index (χ3n) is 3.15. The first-order chi connectivity index (χ1) is 11.2. The SMILES string of the molecule is COC(=O)Nc1nc2ccc(Sc3ccc(OC)cc3)cc2[nH]1. The number of aromatic amines is 1. The molecule has 0 saturated heterocycles. The summed E-state index contributed by atoms with van der Waals surface area (Å²) in [5.74, 6) is 1.19. The number of nitrogens with one attached hydrogen (secondary N) is 2. The number of hydrogen-bond acceptors (Lipinski definition) is 5. The largest absolute Gasteiger partial charge is 0.497 e. The Hall–Kier alpha value is -2.67. The van der Waals surface area contributed by atoms with Crippen LogP contribution in [-0.2, 0) is 4.74 Å². The van der Waals surface area contributed by atoms with Gasteiger partial charge in [0.1, 0.15) is 5.75 Å². The third-order valence-corrected chi connectivity index (χ3v) is 4.15. The minimum Gasteiger partial charge on any atom is -0.497 e. The fraction of sp³-hybridized carbons (Fsp3) is 0.125. The van der Waals surface area contributed by atoms with Crippen LogP contribution in [0.4, 0.5) is 10.7 Å². The summed E-state index contributed by atoms with van der Waals surface area (Å²) in [6, 6.07) is 13.7. The van der Waals surface area contributed by atoms with Gasteiger partial charge in [0.15, 0.2) is 0 Å². The molecule has 3 aromatic rings. The number of amides is 1. The van der Waals surface area contributed by atoms with Gasteiger partial charge < -0.3 is 14.5 Å². The Balaban J connectivity index is 1.80. The van der Waals surface area contributed by atoms with E-state index in [4.69, 9.17) is 4.74 Å². The molecule has 3 rings (SSSR count). The lowest BCUT2D eigenvalue weighted by molar-refractivity contribution is 0.186. The van der Waals surface area contributed by atoms with Crippen LogP contribution in [0.15, 0.2) is 52.3 Å². The predicted octanol–water partition coefficient (Wildman–Crippen LogP) is 3.90. The fourth-order valence-electron chi connectivity index (χ4n) is 2.04. The van der Waals surface area contributed by atoms with Crippen molar-refractivity contribution in [3.8, 4) is 5.75 Å². The second-order valence-electron chi connectivity index (χ2n) is 4.66. The van der Waals surface area contributed by atoms with E-state index in [-0.39, 0.29) is 0 Å². The minimum absolute atomic E-state index is 0.360. The van der Waals surface area contributed by atoms with Gasteiger partial charge in [0, 0.05) is 9.79 Å². The van der Waals surface area contributed by atoms with Gasteiger partial charge in [-0.25, -0.2) is 9.78 Å². The predicted molar refractivity (Wildman–Crippen MR) is 89.2 cm³/mol. The number of aromatic nitrogens is 2. The molecule has 0 aliphatic carbocycles. The highest BCUT2D eigenvalue weighted by Gasteiger charge is 2.07. The van der Waals surface area contributed by atoms with Crippen molar-refractivity contribution in [3.63, 3.8) is 0 Å². The van der Waals surface area contributed by atoms with Crippen LogP contribution in [-0.4, -0.2) is 30.3 Å². The third kappa shape index (κ3) is 3.57. The van der Waals surface area contributed by atoms with E-state index in [1.165, 1.54) is 7.11 Å². The molecule has 0 unspecified atom stereocenters. The average molecular weight is 329 g/mol. The number of carbonyl (C=O) groups excluding carboxylic acids is 1. The Kier molecular flexibility index (Phi) is 4.38. The van der Waals surface area contributed by atoms with Crippen LogP contribution in [0.2, 0.25) is 0 Å². The molecule has 0 atom stereocenters. The molecule has 0 saturated carbocycles. The van der Waals surface area contributed by atoms with Crippen LogP contribution in [0.25, 0.3) is 11.0 Å². The Morgan fingerprint density at radius 2 is 1.87 bits per heavy atom. The summed E-state index contributed by atoms with van der Waals surface area (Å²) in [5, 5.41) is 2.51. The van der Waals surface area contributed by atoms with E-state index in [2.05, 4.69) is 20.0 Å². The number of methoxy groups -OCH3 is 2. The molecule has 6 nitrogen and oxygen atoms in total. The molecule has 1 amide bonds. The van der Waals surface area contributed by atoms with Crippen molar-refractivity contribution < 1.29 is 14.3 Å². The number of nitrogens with zero attached hydrogens (tertiary/aromatic N) is 1. The summed E-state index contributed by atoms with van der Waals surface area (Å²) < 4.78 is 9.70. The maximum atomic E-state index is 11.2. The number of hydrogen-bond donors (Lipinski definition) is 2. The van der Waals surface area contributed by atoms with Gasteiger partial charge in [-0.1, -0.05) is 11.8 Å². The summed E-state index contributed by atoms with van der Waals surface area (Å²) in [6.07, 6.45) is -0.558. The topological polar surface area (TPSA) is 76.2 Å². The molecule has 23 heavy (non-hydrogen) atoms. The number of anilines is 1. The van der Waals surface area contributed by atoms with Crippen molar-refractivity contribution in [2.45, 2.75) is 9.79 Å². The van der Waals surface area contributed by atoms with Gasteiger partial charge in [0.2, 0.25) is 5.95 Å². The summed E-state index contributed by atoms with van der Waals surface area (Å²) in [4.78, 5) is 20.7. The van der Waals surface area contributed by atoms with Crippen LogP contribution in [0.1, 0.15) is 0 Å². The van der Waals surface area contributed by atoms with E-state index >= 15 is 0 Å². The highest BCUT2D eigenvalue weighted by atomic mass is 32.2. The molecule has 2 N–H and O–H groups in total. The number of imidazole rings is 1. The Morgan fingerprint density at radius 1 is 1.13 bits per heavy atom. The van der Waals surface area contributed by atoms with Gasteiger partial charge in [0.05, 0.1) is 25.3 Å². The first-order valence-corrected chi connectivity index (χ1v) is 7.66. The Morgan fingerprint density at radius 3 is 2.57 bits per heavy atom. The number of rotatable bonds is 4. The number of benzene rings is 2. The summed E-state index contributed by atoms with van der Waals surface area (Å²) in [7, 11) is 2.95. The summed E-state index contributed by atoms with van der Waals surface area (Å²) >= 11 is 1.63. The van der Waals surface area contributed by atoms with E-state index < -0.39 is 6.09 Å². The number of fused-ring (bicyclic) bond motifs is 1. The number of carbonyl (C=O) groups is 1. The van der Waals surface area contributed by atoms with Crippen LogP contribution in [0, 0.1) is 0 Å². The molecular formula is C16H15N3O3S. The van der Waals surface area contributed by atoms with Crippen LogP contribution in [0.3, 0.4) is 0 Å². The fourth-order valence-corrected chi connectivity index (χ4v) is 2.90. The number of ether oxygens (including phenoxy) is 2. The van der Waals surface area contributed by atoms with Gasteiger partial charge in [-0.3, -0.25) is 5.32 Å². The molecule has 0 bridgehead atoms. The Labute approximate surface area is 137 Å². The van der Waals surface area contributed by atoms with E-state index in [0.717, 1.165) is 26.6 Å². The van der Waals surface area contributed by atoms with Crippen molar-refractivity contribution in [3.05, 3.63) is 42.5 Å². The smallest absolute Gasteiger partial charge is 0.413 e. The van der Waals surface area contributed by atoms with Gasteiger partial charge in [-0.15, -0.1) is 0 Å². The normalized spacial score (nSPS) is 10.5. The first kappa shape index (κ1) is 15.2. The Bertz CT molecular complexity index is 830. The lowest BCUT2D eigenvalue weighted by Gasteiger charge is -2.03. The second-order valence-corrected chi connectivity index (χ2v) is 5.81. The summed E-state index contributed by atoms with van der Waals surface area (Å²) in [6.45, 7) is 0. The lowest BCUT2D eigenvalue weighted by atomic mass is 10.3. The molecule has 0 aliphatic heterocycles. The van der Waals surface area contributed by atoms with Gasteiger partial charge in [-0.05, 0) is 42.5 Å². The zero-order valence-corrected chi connectivity index (χ0v) is 13.4. The zero-order chi connectivity index (χ0) is 16.2. The first-order valence-electron chi connectivity index (χ1n) is 6.84. The van der Waals surface area contributed by atoms with Crippen molar-refractivity contribution in [2.24, 2.45) is 0 Å². The van der Waals surface area contributed by atoms with Crippen molar-refractivity contribution in [1.29, 1.82) is 0 Å². The second kappa shape index (κ2) is 6.62. The molecule has 1 aromatic heterocycles. The van der Waals surface area contributed by atoms with Crippen LogP contribution < -0.4 is 10.1 Å². The van der Waals surface area contributed by atoms with Crippen LogP contribution in [0.5, 0.6) is 5.75 Å². The standard InChI is InChI=1S/C16H15N3O3S/c1-21-10-3-5-11(6-4-10)23-12-7-8-13-14(9-12)18-15(17-13)19-16(20)22-2/h3-9H,1-2H3,(H2,17,18,19,20). The van der Waals surface area contributed by atoms with E-state index in [0.29, 0.717) is 5.95 Å². The monoisotopic (exact) mass is 329 g/mol. The highest BCUT2D eigenvalue weighted by molar-refractivity contribution is 7.99. The minimum atomic E-state index is -0.558. The average Bonchev–Trinajstić information content (AvgIpc) is 2.96. The van der Waals surface area contributed by atoms with Gasteiger partial charge >= 0.3 is 6.09 Å². The van der Waals surface area contributed by atoms with E-state index in [1.54, 1.807) is 18.9 Å². The molecule has 1 heterocycles. The highest BCUT2D eigenvalue weighted by Crippen LogP contribution is 2.31. The lowest BCUT2D eigenvalue weighted by Crippen LogP contribution is -2.11. The van der Waals surface area contributed by atoms with Crippen LogP contribution >= 0.6 is 11.8 Å². The number of H-pyrrole nitrogens is 1. The molecule has 0 radical (unpaired) electrons. The van der Waals surface area contributed by atoms with Gasteiger partial charge in [0.25, 0.3) is 0 Å². The quantitative estimate of drug-likeness (QED) is 0.759. The van der Waals surface area contributed by atoms with Crippen molar-refractivity contribution in [1.82, 2.24) is 9.97 Å². The molecule has 118 valence electrons. The molecule has 7 heteroatoms. The molecule has 0 spiro atoms. The van der Waals surface area contributed by atoms with Crippen molar-refractivity contribution >= 4 is 34.8 Å². The zero-order valence-electron chi connectivity index (χ0n) is 12.6. The molecule has 0 aliphatic rings. The summed E-state index contributed by atoms with van der Waals surface area (Å²) in [5.41, 5.74) is 1.62. The van der Waals surface area contributed by atoms with E-state index in [1.807, 2.05) is 42.5 Å². The van der Waals surface area contributed by atoms with Crippen molar-refractivity contribution in [2.75, 3.05) is 19.5 Å². The molecule has 0 fully saturated rings. The molecular weight excluding hydrogens is 314 g/mol. The molecule has 2 aromatic carbocycles. The van der Waals surface area contributed by atoms with E-state index in [9.17, 15) is 4.79 Å². The van der Waals surface area contributed by atoms with Gasteiger partial charge in [-0.2, -0.15) is 0 Å². The maximum Gasteiger partial charge on any atom is 0.413 e.